The number of pyridine rings is 1. The average molecular weight is 259 g/mol. The molecule has 3 rings (SSSR count). The third-order valence-electron chi connectivity index (χ3n) is 3.34. The van der Waals surface area contributed by atoms with E-state index in [4.69, 9.17) is 0 Å². The van der Waals surface area contributed by atoms with Crippen LogP contribution in [0, 0.1) is 6.92 Å². The van der Waals surface area contributed by atoms with Gasteiger partial charge in [0.15, 0.2) is 0 Å². The van der Waals surface area contributed by atoms with Gasteiger partial charge in [-0.1, -0.05) is 60.7 Å². The molecule has 0 N–H and O–H groups in total. The molecule has 20 heavy (non-hydrogen) atoms. The van der Waals surface area contributed by atoms with Crippen LogP contribution < -0.4 is 0 Å². The van der Waals surface area contributed by atoms with Crippen molar-refractivity contribution in [3.05, 3.63) is 89.7 Å². The minimum absolute atomic E-state index is 0.877. The minimum atomic E-state index is 0.877. The van der Waals surface area contributed by atoms with Gasteiger partial charge in [0.1, 0.15) is 0 Å². The molecule has 3 aromatic rings. The zero-order chi connectivity index (χ0) is 13.8. The predicted octanol–water partition coefficient (Wildman–Crippen LogP) is 4.65. The first-order valence-corrected chi connectivity index (χ1v) is 6.88. The van der Waals surface area contributed by atoms with E-state index in [0.717, 1.165) is 17.8 Å². The van der Waals surface area contributed by atoms with Gasteiger partial charge in [-0.2, -0.15) is 0 Å². The predicted molar refractivity (Wildman–Crippen MR) is 83.7 cm³/mol. The lowest BCUT2D eigenvalue weighted by Crippen LogP contribution is -1.95. The smallest absolute Gasteiger partial charge is 0.0456 e. The van der Waals surface area contributed by atoms with Crippen molar-refractivity contribution in [2.45, 2.75) is 13.3 Å². The van der Waals surface area contributed by atoms with Crippen molar-refractivity contribution in [3.63, 3.8) is 0 Å². The fourth-order valence-electron chi connectivity index (χ4n) is 2.43. The van der Waals surface area contributed by atoms with Gasteiger partial charge in [-0.05, 0) is 35.7 Å². The Labute approximate surface area is 119 Å². The summed E-state index contributed by atoms with van der Waals surface area (Å²) < 4.78 is 0. The fraction of sp³-hybridized carbons (Fsp3) is 0.105. The Kier molecular flexibility index (Phi) is 3.60. The molecule has 0 aliphatic heterocycles. The molecule has 0 radical (unpaired) electrons. The third-order valence-corrected chi connectivity index (χ3v) is 3.34. The lowest BCUT2D eigenvalue weighted by molar-refractivity contribution is 1.04. The van der Waals surface area contributed by atoms with Crippen LogP contribution in [0.5, 0.6) is 0 Å². The van der Waals surface area contributed by atoms with Gasteiger partial charge >= 0.3 is 0 Å². The van der Waals surface area contributed by atoms with Crippen LogP contribution in [0.2, 0.25) is 0 Å². The Morgan fingerprint density at radius 2 is 1.40 bits per heavy atom. The minimum Gasteiger partial charge on any atom is -0.258 e. The first-order chi connectivity index (χ1) is 9.81. The van der Waals surface area contributed by atoms with Crippen molar-refractivity contribution in [1.82, 2.24) is 4.98 Å². The summed E-state index contributed by atoms with van der Waals surface area (Å²) in [4.78, 5) is 4.65. The molecule has 2 aromatic carbocycles. The highest BCUT2D eigenvalue weighted by molar-refractivity contribution is 5.64. The molecular weight excluding hydrogens is 242 g/mol. The number of aryl methyl sites for hydroxylation is 1. The molecule has 0 unspecified atom stereocenters. The Morgan fingerprint density at radius 1 is 0.750 bits per heavy atom. The monoisotopic (exact) mass is 259 g/mol. The van der Waals surface area contributed by atoms with E-state index in [9.17, 15) is 0 Å². The molecule has 0 atom stereocenters. The van der Waals surface area contributed by atoms with Gasteiger partial charge in [-0.3, -0.25) is 4.98 Å². The molecule has 0 bridgehead atoms. The summed E-state index contributed by atoms with van der Waals surface area (Å²) in [5, 5.41) is 0. The maximum Gasteiger partial charge on any atom is 0.0456 e. The molecule has 0 aliphatic carbocycles. The van der Waals surface area contributed by atoms with E-state index in [2.05, 4.69) is 72.6 Å². The number of aromatic nitrogens is 1. The molecule has 0 saturated heterocycles. The third kappa shape index (κ3) is 2.94. The Balaban J connectivity index is 1.95. The summed E-state index contributed by atoms with van der Waals surface area (Å²) in [5.74, 6) is 0. The Bertz CT molecular complexity index is 687. The van der Waals surface area contributed by atoms with Gasteiger partial charge < -0.3 is 0 Å². The van der Waals surface area contributed by atoms with Gasteiger partial charge in [0, 0.05) is 17.8 Å². The van der Waals surface area contributed by atoms with E-state index in [1.165, 1.54) is 16.7 Å². The van der Waals surface area contributed by atoms with Gasteiger partial charge in [-0.15, -0.1) is 0 Å². The summed E-state index contributed by atoms with van der Waals surface area (Å²) in [6.07, 6.45) is 0.877. The highest BCUT2D eigenvalue weighted by Crippen LogP contribution is 2.21. The van der Waals surface area contributed by atoms with E-state index < -0.39 is 0 Å². The summed E-state index contributed by atoms with van der Waals surface area (Å²) in [7, 11) is 0. The van der Waals surface area contributed by atoms with E-state index in [0.29, 0.717) is 0 Å². The number of rotatable bonds is 3. The quantitative estimate of drug-likeness (QED) is 0.667. The lowest BCUT2D eigenvalue weighted by atomic mass is 10.0. The molecule has 1 aromatic heterocycles. The normalized spacial score (nSPS) is 10.4. The van der Waals surface area contributed by atoms with E-state index >= 15 is 0 Å². The van der Waals surface area contributed by atoms with E-state index in [1.54, 1.807) is 0 Å². The SMILES string of the molecule is Cc1cc(-c2ccccc2)cc(Cc2ccccc2)n1. The van der Waals surface area contributed by atoms with Crippen molar-refractivity contribution < 1.29 is 0 Å². The van der Waals surface area contributed by atoms with Crippen LogP contribution in [0.1, 0.15) is 17.0 Å². The maximum atomic E-state index is 4.65. The van der Waals surface area contributed by atoms with Gasteiger partial charge in [-0.25, -0.2) is 0 Å². The van der Waals surface area contributed by atoms with Crippen molar-refractivity contribution in [2.75, 3.05) is 0 Å². The molecular formula is C19H17N. The molecule has 0 fully saturated rings. The average Bonchev–Trinajstić information content (AvgIpc) is 2.49. The van der Waals surface area contributed by atoms with Crippen molar-refractivity contribution in [2.24, 2.45) is 0 Å². The van der Waals surface area contributed by atoms with Crippen LogP contribution in [0.3, 0.4) is 0 Å². The molecule has 1 heteroatoms. The highest BCUT2D eigenvalue weighted by Gasteiger charge is 2.03. The molecule has 0 amide bonds. The van der Waals surface area contributed by atoms with E-state index in [1.807, 2.05) is 12.1 Å². The van der Waals surface area contributed by atoms with Crippen LogP contribution in [-0.2, 0) is 6.42 Å². The summed E-state index contributed by atoms with van der Waals surface area (Å²) in [6.45, 7) is 2.06. The molecule has 0 aliphatic rings. The first kappa shape index (κ1) is 12.6. The van der Waals surface area contributed by atoms with Crippen LogP contribution in [0.15, 0.2) is 72.8 Å². The number of benzene rings is 2. The van der Waals surface area contributed by atoms with Crippen molar-refractivity contribution in [1.29, 1.82) is 0 Å². The summed E-state index contributed by atoms with van der Waals surface area (Å²) in [6, 6.07) is 25.3. The second-order valence-electron chi connectivity index (χ2n) is 5.02. The first-order valence-electron chi connectivity index (χ1n) is 6.88. The molecule has 98 valence electrons. The Morgan fingerprint density at radius 3 is 2.10 bits per heavy atom. The molecule has 0 spiro atoms. The molecule has 1 heterocycles. The maximum absolute atomic E-state index is 4.65. The Hall–Kier alpha value is -2.41. The van der Waals surface area contributed by atoms with Crippen LogP contribution >= 0.6 is 0 Å². The van der Waals surface area contributed by atoms with Crippen molar-refractivity contribution >= 4 is 0 Å². The second-order valence-corrected chi connectivity index (χ2v) is 5.02. The number of hydrogen-bond acceptors (Lipinski definition) is 1. The fourth-order valence-corrected chi connectivity index (χ4v) is 2.43. The number of nitrogens with zero attached hydrogens (tertiary/aromatic N) is 1. The van der Waals surface area contributed by atoms with Gasteiger partial charge in [0.05, 0.1) is 0 Å². The summed E-state index contributed by atoms with van der Waals surface area (Å²) >= 11 is 0. The number of hydrogen-bond donors (Lipinski definition) is 0. The zero-order valence-corrected chi connectivity index (χ0v) is 11.6. The van der Waals surface area contributed by atoms with Crippen LogP contribution in [0.25, 0.3) is 11.1 Å². The highest BCUT2D eigenvalue weighted by atomic mass is 14.7. The zero-order valence-electron chi connectivity index (χ0n) is 11.6. The molecule has 1 nitrogen and oxygen atoms in total. The standard InChI is InChI=1S/C19H17N/c1-15-12-18(17-10-6-3-7-11-17)14-19(20-15)13-16-8-4-2-5-9-16/h2-12,14H,13H2,1H3. The van der Waals surface area contributed by atoms with E-state index in [-0.39, 0.29) is 0 Å². The van der Waals surface area contributed by atoms with Crippen LogP contribution in [-0.4, -0.2) is 4.98 Å². The lowest BCUT2D eigenvalue weighted by Gasteiger charge is -2.07. The van der Waals surface area contributed by atoms with Crippen molar-refractivity contribution in [3.8, 4) is 11.1 Å². The van der Waals surface area contributed by atoms with Gasteiger partial charge in [0.2, 0.25) is 0 Å². The summed E-state index contributed by atoms with van der Waals surface area (Å²) in [5.41, 5.74) is 5.97. The van der Waals surface area contributed by atoms with Crippen LogP contribution in [0.4, 0.5) is 0 Å². The largest absolute Gasteiger partial charge is 0.258 e. The molecule has 0 saturated carbocycles. The topological polar surface area (TPSA) is 12.9 Å². The van der Waals surface area contributed by atoms with Gasteiger partial charge in [0.25, 0.3) is 0 Å². The second kappa shape index (κ2) is 5.70.